The lowest BCUT2D eigenvalue weighted by Crippen LogP contribution is -2.22. The fourth-order valence-electron chi connectivity index (χ4n) is 2.60. The van der Waals surface area contributed by atoms with Crippen LogP contribution >= 0.6 is 0 Å². The molecule has 25 heavy (non-hydrogen) atoms. The Morgan fingerprint density at radius 1 is 1.16 bits per heavy atom. The van der Waals surface area contributed by atoms with E-state index in [-0.39, 0.29) is 17.0 Å². The van der Waals surface area contributed by atoms with Gasteiger partial charge in [0.15, 0.2) is 0 Å². The summed E-state index contributed by atoms with van der Waals surface area (Å²) in [5, 5.41) is 15.6. The van der Waals surface area contributed by atoms with E-state index in [1.54, 1.807) is 19.1 Å². The lowest BCUT2D eigenvalue weighted by Gasteiger charge is -2.06. The van der Waals surface area contributed by atoms with E-state index in [2.05, 4.69) is 10.5 Å². The molecule has 6 nitrogen and oxygen atoms in total. The van der Waals surface area contributed by atoms with Gasteiger partial charge in [-0.25, -0.2) is 10.2 Å². The van der Waals surface area contributed by atoms with Crippen molar-refractivity contribution < 1.29 is 14.3 Å². The molecule has 1 amide bonds. The Kier molecular flexibility index (Phi) is 4.35. The largest absolute Gasteiger partial charge is 0.507 e. The van der Waals surface area contributed by atoms with Crippen LogP contribution in [0.1, 0.15) is 28.6 Å². The summed E-state index contributed by atoms with van der Waals surface area (Å²) in [6, 6.07) is 14.2. The molecule has 1 heterocycles. The Morgan fingerprint density at radius 2 is 1.88 bits per heavy atom. The smallest absolute Gasteiger partial charge is 0.348 e. The molecule has 2 aromatic carbocycles. The number of hydrogen-bond donors (Lipinski definition) is 2. The average molecular weight is 336 g/mol. The summed E-state index contributed by atoms with van der Waals surface area (Å²) in [4.78, 5) is 24.3. The van der Waals surface area contributed by atoms with Gasteiger partial charge in [0.25, 0.3) is 5.91 Å². The van der Waals surface area contributed by atoms with E-state index in [4.69, 9.17) is 4.42 Å². The SMILES string of the molecule is C/C(=N\NC(=O)c1cccc2ccccc12)c1c(O)cc(C)oc1=O. The zero-order chi connectivity index (χ0) is 18.0. The van der Waals surface area contributed by atoms with Crippen LogP contribution in [0.2, 0.25) is 0 Å². The van der Waals surface area contributed by atoms with Gasteiger partial charge in [-0.2, -0.15) is 5.10 Å². The molecule has 126 valence electrons. The van der Waals surface area contributed by atoms with E-state index in [1.165, 1.54) is 13.0 Å². The minimum absolute atomic E-state index is 0.0798. The maximum absolute atomic E-state index is 12.4. The summed E-state index contributed by atoms with van der Waals surface area (Å²) in [6.45, 7) is 3.06. The number of carbonyl (C=O) groups excluding carboxylic acids is 1. The number of aromatic hydroxyl groups is 1. The molecule has 3 rings (SSSR count). The van der Waals surface area contributed by atoms with Crippen molar-refractivity contribution in [1.82, 2.24) is 5.43 Å². The van der Waals surface area contributed by atoms with Crippen LogP contribution < -0.4 is 11.1 Å². The Labute approximate surface area is 143 Å². The van der Waals surface area contributed by atoms with Crippen LogP contribution in [-0.4, -0.2) is 16.7 Å². The number of hydrazone groups is 1. The van der Waals surface area contributed by atoms with E-state index in [9.17, 15) is 14.7 Å². The maximum atomic E-state index is 12.4. The Morgan fingerprint density at radius 3 is 2.64 bits per heavy atom. The van der Waals surface area contributed by atoms with Crippen LogP contribution in [0.25, 0.3) is 10.8 Å². The Balaban J connectivity index is 1.91. The standard InChI is InChI=1S/C19H16N2O4/c1-11-10-16(22)17(19(24)25-11)12(2)20-21-18(23)15-9-5-7-13-6-3-4-8-14(13)15/h3-10,22H,1-2H3,(H,21,23)/b20-12+. The van der Waals surface area contributed by atoms with Gasteiger partial charge >= 0.3 is 5.63 Å². The third kappa shape index (κ3) is 3.28. The third-order valence-electron chi connectivity index (χ3n) is 3.78. The Hall–Kier alpha value is -3.41. The van der Waals surface area contributed by atoms with Gasteiger partial charge in [0.2, 0.25) is 0 Å². The molecule has 0 bridgehead atoms. The molecule has 0 aliphatic carbocycles. The second kappa shape index (κ2) is 6.60. The third-order valence-corrected chi connectivity index (χ3v) is 3.78. The molecule has 0 fully saturated rings. The van der Waals surface area contributed by atoms with Crippen LogP contribution in [0.15, 0.2) is 62.8 Å². The summed E-state index contributed by atoms with van der Waals surface area (Å²) in [7, 11) is 0. The van der Waals surface area contributed by atoms with Gasteiger partial charge in [-0.3, -0.25) is 4.79 Å². The summed E-state index contributed by atoms with van der Waals surface area (Å²) in [5.41, 5.74) is 2.25. The zero-order valence-electron chi connectivity index (χ0n) is 13.7. The first kappa shape index (κ1) is 16.4. The van der Waals surface area contributed by atoms with E-state index < -0.39 is 11.5 Å². The zero-order valence-corrected chi connectivity index (χ0v) is 13.7. The minimum Gasteiger partial charge on any atom is -0.507 e. The van der Waals surface area contributed by atoms with Gasteiger partial charge in [-0.1, -0.05) is 36.4 Å². The number of nitrogens with one attached hydrogen (secondary N) is 1. The molecular weight excluding hydrogens is 320 g/mol. The number of hydrogen-bond acceptors (Lipinski definition) is 5. The van der Waals surface area contributed by atoms with Crippen molar-refractivity contribution >= 4 is 22.4 Å². The second-order valence-electron chi connectivity index (χ2n) is 5.57. The Bertz CT molecular complexity index is 1050. The van der Waals surface area contributed by atoms with E-state index in [1.807, 2.05) is 30.3 Å². The highest BCUT2D eigenvalue weighted by Gasteiger charge is 2.14. The molecule has 0 atom stereocenters. The topological polar surface area (TPSA) is 91.9 Å². The fraction of sp³-hybridized carbons (Fsp3) is 0.105. The quantitative estimate of drug-likeness (QED) is 0.568. The lowest BCUT2D eigenvalue weighted by atomic mass is 10.0. The van der Waals surface area contributed by atoms with Crippen molar-refractivity contribution in [3.8, 4) is 5.75 Å². The molecule has 0 aliphatic heterocycles. The van der Waals surface area contributed by atoms with E-state index in [0.717, 1.165) is 10.8 Å². The maximum Gasteiger partial charge on any atom is 0.348 e. The number of carbonyl (C=O) groups is 1. The summed E-state index contributed by atoms with van der Waals surface area (Å²) >= 11 is 0. The highest BCUT2D eigenvalue weighted by atomic mass is 16.4. The molecule has 3 aromatic rings. The molecule has 0 saturated carbocycles. The minimum atomic E-state index is -0.710. The van der Waals surface area contributed by atoms with Crippen molar-refractivity contribution in [2.75, 3.05) is 0 Å². The van der Waals surface area contributed by atoms with E-state index in [0.29, 0.717) is 11.3 Å². The first-order valence-corrected chi connectivity index (χ1v) is 7.64. The van der Waals surface area contributed by atoms with Crippen molar-refractivity contribution in [2.24, 2.45) is 5.10 Å². The van der Waals surface area contributed by atoms with Crippen molar-refractivity contribution in [3.63, 3.8) is 0 Å². The summed E-state index contributed by atoms with van der Waals surface area (Å²) in [6.07, 6.45) is 0. The normalized spacial score (nSPS) is 11.5. The van der Waals surface area contributed by atoms with Gasteiger partial charge in [-0.15, -0.1) is 0 Å². The van der Waals surface area contributed by atoms with Crippen LogP contribution in [0.3, 0.4) is 0 Å². The monoisotopic (exact) mass is 336 g/mol. The van der Waals surface area contributed by atoms with Crippen molar-refractivity contribution in [3.05, 3.63) is 75.8 Å². The van der Waals surface area contributed by atoms with Crippen LogP contribution in [-0.2, 0) is 0 Å². The van der Waals surface area contributed by atoms with Gasteiger partial charge in [-0.05, 0) is 30.7 Å². The summed E-state index contributed by atoms with van der Waals surface area (Å²) in [5.74, 6) is -0.361. The first-order chi connectivity index (χ1) is 12.0. The van der Waals surface area contributed by atoms with Gasteiger partial charge in [0, 0.05) is 11.6 Å². The van der Waals surface area contributed by atoms with Gasteiger partial charge in [0.1, 0.15) is 17.1 Å². The molecular formula is C19H16N2O4. The van der Waals surface area contributed by atoms with Crippen LogP contribution in [0.5, 0.6) is 5.75 Å². The van der Waals surface area contributed by atoms with E-state index >= 15 is 0 Å². The molecule has 0 unspecified atom stereocenters. The lowest BCUT2D eigenvalue weighted by molar-refractivity contribution is 0.0956. The number of fused-ring (bicyclic) bond motifs is 1. The molecule has 0 spiro atoms. The number of amides is 1. The van der Waals surface area contributed by atoms with Gasteiger partial charge in [0.05, 0.1) is 5.71 Å². The first-order valence-electron chi connectivity index (χ1n) is 7.64. The van der Waals surface area contributed by atoms with Crippen LogP contribution in [0.4, 0.5) is 0 Å². The van der Waals surface area contributed by atoms with Crippen LogP contribution in [0, 0.1) is 6.92 Å². The highest BCUT2D eigenvalue weighted by molar-refractivity contribution is 6.08. The fourth-order valence-corrected chi connectivity index (χ4v) is 2.60. The predicted octanol–water partition coefficient (Wildman–Crippen LogP) is 2.96. The second-order valence-corrected chi connectivity index (χ2v) is 5.57. The number of aryl methyl sites for hydroxylation is 1. The summed E-state index contributed by atoms with van der Waals surface area (Å²) < 4.78 is 4.95. The molecule has 2 N–H and O–H groups in total. The predicted molar refractivity (Wildman–Crippen MR) is 95.0 cm³/mol. The number of rotatable bonds is 3. The molecule has 1 aromatic heterocycles. The van der Waals surface area contributed by atoms with Crippen molar-refractivity contribution in [2.45, 2.75) is 13.8 Å². The van der Waals surface area contributed by atoms with Gasteiger partial charge < -0.3 is 9.52 Å². The highest BCUT2D eigenvalue weighted by Crippen LogP contribution is 2.18. The molecule has 0 saturated heterocycles. The number of benzene rings is 2. The number of nitrogens with zero attached hydrogens (tertiary/aromatic N) is 1. The molecule has 0 aliphatic rings. The molecule has 6 heteroatoms. The average Bonchev–Trinajstić information content (AvgIpc) is 2.58. The van der Waals surface area contributed by atoms with Crippen molar-refractivity contribution in [1.29, 1.82) is 0 Å². The molecule has 0 radical (unpaired) electrons.